The predicted molar refractivity (Wildman–Crippen MR) is 76.7 cm³/mol. The highest BCUT2D eigenvalue weighted by Crippen LogP contribution is 2.23. The van der Waals surface area contributed by atoms with Crippen molar-refractivity contribution < 1.29 is 9.50 Å². The molecule has 1 aromatic heterocycles. The highest BCUT2D eigenvalue weighted by molar-refractivity contribution is 5.09. The van der Waals surface area contributed by atoms with Crippen molar-refractivity contribution in [1.29, 1.82) is 0 Å². The Kier molecular flexibility index (Phi) is 5.88. The second kappa shape index (κ2) is 7.67. The van der Waals surface area contributed by atoms with Crippen molar-refractivity contribution in [2.45, 2.75) is 44.2 Å². The number of hydrogen-bond donors (Lipinski definition) is 2. The number of pyridine rings is 1. The summed E-state index contributed by atoms with van der Waals surface area (Å²) in [6.45, 7) is 2.32. The molecule has 2 heterocycles. The molecule has 0 aromatic carbocycles. The van der Waals surface area contributed by atoms with Crippen LogP contribution in [0.25, 0.3) is 0 Å². The minimum atomic E-state index is -0.329. The lowest BCUT2D eigenvalue weighted by molar-refractivity contribution is 0.210. The van der Waals surface area contributed by atoms with Crippen molar-refractivity contribution in [2.24, 2.45) is 5.73 Å². The number of aliphatic hydroxyl groups excluding tert-OH is 1. The highest BCUT2D eigenvalue weighted by atomic mass is 19.1. The van der Waals surface area contributed by atoms with Crippen LogP contribution < -0.4 is 5.73 Å². The number of nitrogens with zero attached hydrogens (tertiary/aromatic N) is 2. The molecule has 2 rings (SSSR count). The van der Waals surface area contributed by atoms with Crippen LogP contribution in [0.2, 0.25) is 0 Å². The molecule has 4 nitrogen and oxygen atoms in total. The van der Waals surface area contributed by atoms with Gasteiger partial charge in [-0.05, 0) is 50.8 Å². The number of aliphatic hydroxyl groups is 1. The van der Waals surface area contributed by atoms with Gasteiger partial charge in [0.2, 0.25) is 0 Å². The Labute approximate surface area is 119 Å². The summed E-state index contributed by atoms with van der Waals surface area (Å²) < 4.78 is 12.8. The van der Waals surface area contributed by atoms with Crippen LogP contribution in [0.4, 0.5) is 4.39 Å². The molecule has 112 valence electrons. The van der Waals surface area contributed by atoms with Crippen molar-refractivity contribution in [2.75, 3.05) is 19.7 Å². The third-order valence-electron chi connectivity index (χ3n) is 4.05. The normalized spacial score (nSPS) is 21.2. The Bertz CT molecular complexity index is 399. The largest absolute Gasteiger partial charge is 0.396 e. The van der Waals surface area contributed by atoms with E-state index in [2.05, 4.69) is 9.88 Å². The molecule has 1 aromatic rings. The van der Waals surface area contributed by atoms with E-state index in [1.165, 1.54) is 25.1 Å². The molecule has 0 bridgehead atoms. The number of hydrogen-bond acceptors (Lipinski definition) is 4. The van der Waals surface area contributed by atoms with Crippen LogP contribution in [0.5, 0.6) is 0 Å². The minimum Gasteiger partial charge on any atom is -0.396 e. The summed E-state index contributed by atoms with van der Waals surface area (Å²) >= 11 is 0. The van der Waals surface area contributed by atoms with E-state index in [-0.39, 0.29) is 18.5 Å². The molecule has 0 saturated carbocycles. The van der Waals surface area contributed by atoms with Crippen LogP contribution in [0, 0.1) is 5.82 Å². The van der Waals surface area contributed by atoms with Crippen LogP contribution in [0.1, 0.15) is 43.8 Å². The van der Waals surface area contributed by atoms with Crippen LogP contribution in [0.3, 0.4) is 0 Å². The van der Waals surface area contributed by atoms with E-state index in [0.717, 1.165) is 38.0 Å². The van der Waals surface area contributed by atoms with E-state index in [1.54, 1.807) is 6.07 Å². The molecule has 5 heteroatoms. The summed E-state index contributed by atoms with van der Waals surface area (Å²) in [4.78, 5) is 6.50. The fraction of sp³-hybridized carbons (Fsp3) is 0.667. The Morgan fingerprint density at radius 3 is 3.05 bits per heavy atom. The number of aromatic nitrogens is 1. The Morgan fingerprint density at radius 1 is 1.50 bits per heavy atom. The van der Waals surface area contributed by atoms with Crippen LogP contribution in [-0.2, 0) is 0 Å². The van der Waals surface area contributed by atoms with E-state index in [0.29, 0.717) is 6.04 Å². The topological polar surface area (TPSA) is 62.4 Å². The lowest BCUT2D eigenvalue weighted by Crippen LogP contribution is -2.32. The Morgan fingerprint density at radius 2 is 2.35 bits per heavy atom. The maximum atomic E-state index is 12.8. The van der Waals surface area contributed by atoms with Crippen molar-refractivity contribution in [3.63, 3.8) is 0 Å². The summed E-state index contributed by atoms with van der Waals surface area (Å²) in [6.07, 6.45) is 6.40. The lowest BCUT2D eigenvalue weighted by Gasteiger charge is -2.25. The Hall–Kier alpha value is -1.04. The van der Waals surface area contributed by atoms with Crippen LogP contribution >= 0.6 is 0 Å². The predicted octanol–water partition coefficient (Wildman–Crippen LogP) is 1.85. The molecular formula is C15H24FN3O. The van der Waals surface area contributed by atoms with Gasteiger partial charge in [0.1, 0.15) is 5.82 Å². The van der Waals surface area contributed by atoms with E-state index < -0.39 is 0 Å². The first kappa shape index (κ1) is 15.4. The van der Waals surface area contributed by atoms with Crippen molar-refractivity contribution >= 4 is 0 Å². The van der Waals surface area contributed by atoms with Gasteiger partial charge in [0.25, 0.3) is 0 Å². The zero-order valence-electron chi connectivity index (χ0n) is 11.8. The summed E-state index contributed by atoms with van der Waals surface area (Å²) in [6, 6.07) is 3.50. The molecule has 2 atom stereocenters. The zero-order chi connectivity index (χ0) is 14.4. The Balaban J connectivity index is 1.80. The van der Waals surface area contributed by atoms with Gasteiger partial charge in [0, 0.05) is 25.2 Å². The van der Waals surface area contributed by atoms with E-state index in [4.69, 9.17) is 10.8 Å². The fourth-order valence-electron chi connectivity index (χ4n) is 2.90. The first-order valence-electron chi connectivity index (χ1n) is 7.42. The molecule has 0 aliphatic carbocycles. The van der Waals surface area contributed by atoms with E-state index in [9.17, 15) is 4.39 Å². The smallest absolute Gasteiger partial charge is 0.141 e. The molecule has 3 N–H and O–H groups in total. The first-order chi connectivity index (χ1) is 9.70. The van der Waals surface area contributed by atoms with Gasteiger partial charge in [-0.2, -0.15) is 0 Å². The van der Waals surface area contributed by atoms with Crippen LogP contribution in [0.15, 0.2) is 18.3 Å². The summed E-state index contributed by atoms with van der Waals surface area (Å²) in [5.41, 5.74) is 6.86. The average molecular weight is 281 g/mol. The third kappa shape index (κ3) is 4.23. The molecule has 1 aliphatic heterocycles. The molecule has 1 fully saturated rings. The second-order valence-electron chi connectivity index (χ2n) is 5.49. The molecule has 1 aliphatic rings. The number of nitrogens with two attached hydrogens (primary N) is 1. The molecule has 1 saturated heterocycles. The third-order valence-corrected chi connectivity index (χ3v) is 4.05. The van der Waals surface area contributed by atoms with Gasteiger partial charge in [-0.1, -0.05) is 0 Å². The summed E-state index contributed by atoms with van der Waals surface area (Å²) in [5, 5.41) is 8.92. The van der Waals surface area contributed by atoms with Gasteiger partial charge < -0.3 is 15.7 Å². The van der Waals surface area contributed by atoms with Gasteiger partial charge in [0.05, 0.1) is 11.9 Å². The van der Waals surface area contributed by atoms with Gasteiger partial charge in [-0.15, -0.1) is 0 Å². The lowest BCUT2D eigenvalue weighted by atomic mass is 10.1. The summed E-state index contributed by atoms with van der Waals surface area (Å²) in [5.74, 6) is -0.329. The number of halogens is 1. The van der Waals surface area contributed by atoms with Gasteiger partial charge >= 0.3 is 0 Å². The second-order valence-corrected chi connectivity index (χ2v) is 5.49. The van der Waals surface area contributed by atoms with E-state index >= 15 is 0 Å². The fourth-order valence-corrected chi connectivity index (χ4v) is 2.90. The first-order valence-corrected chi connectivity index (χ1v) is 7.42. The monoisotopic (exact) mass is 281 g/mol. The highest BCUT2D eigenvalue weighted by Gasteiger charge is 2.24. The van der Waals surface area contributed by atoms with Gasteiger partial charge in [0.15, 0.2) is 0 Å². The quantitative estimate of drug-likeness (QED) is 0.800. The van der Waals surface area contributed by atoms with Crippen LogP contribution in [-0.4, -0.2) is 40.7 Å². The minimum absolute atomic E-state index is 0.144. The van der Waals surface area contributed by atoms with Crippen molar-refractivity contribution in [1.82, 2.24) is 9.88 Å². The number of rotatable bonds is 7. The van der Waals surface area contributed by atoms with Crippen molar-refractivity contribution in [3.8, 4) is 0 Å². The molecule has 0 radical (unpaired) electrons. The summed E-state index contributed by atoms with van der Waals surface area (Å²) in [7, 11) is 0. The molecule has 0 amide bonds. The standard InChI is InChI=1S/C15H24FN3O/c16-12-5-6-15(18-11-12)14(17)7-9-19-8-1-3-13(19)4-2-10-20/h5-6,11,13-14,20H,1-4,7-10,17H2. The SMILES string of the molecule is NC(CCN1CCCC1CCCO)c1ccc(F)cn1. The van der Waals surface area contributed by atoms with Gasteiger partial charge in [-0.3, -0.25) is 4.98 Å². The molecule has 2 unspecified atom stereocenters. The molecular weight excluding hydrogens is 257 g/mol. The maximum Gasteiger partial charge on any atom is 0.141 e. The maximum absolute atomic E-state index is 12.8. The number of likely N-dealkylation sites (tertiary alicyclic amines) is 1. The average Bonchev–Trinajstić information content (AvgIpc) is 2.90. The molecule has 20 heavy (non-hydrogen) atoms. The molecule has 0 spiro atoms. The van der Waals surface area contributed by atoms with E-state index in [1.807, 2.05) is 0 Å². The van der Waals surface area contributed by atoms with Gasteiger partial charge in [-0.25, -0.2) is 4.39 Å². The zero-order valence-corrected chi connectivity index (χ0v) is 11.8. The van der Waals surface area contributed by atoms with Crippen molar-refractivity contribution in [3.05, 3.63) is 29.8 Å².